The van der Waals surface area contributed by atoms with Crippen LogP contribution in [0.15, 0.2) is 6.07 Å². The maximum absolute atomic E-state index is 11.4. The van der Waals surface area contributed by atoms with Crippen molar-refractivity contribution in [3.05, 3.63) is 33.9 Å². The highest BCUT2D eigenvalue weighted by atomic mass is 16.5. The first kappa shape index (κ1) is 14.1. The lowest BCUT2D eigenvalue weighted by atomic mass is 9.82. The standard InChI is InChI=1S/C16H23NO2/c1-9(2)12-5-11-7-19-8-14(11)16(10(3)4)13(12)6-15(17)18/h5,9-10H,6-8H2,1-4H3,(H2,17,18). The van der Waals surface area contributed by atoms with Crippen LogP contribution in [0.4, 0.5) is 0 Å². The molecule has 1 amide bonds. The van der Waals surface area contributed by atoms with Crippen molar-refractivity contribution in [3.8, 4) is 0 Å². The van der Waals surface area contributed by atoms with E-state index in [0.717, 1.165) is 5.56 Å². The van der Waals surface area contributed by atoms with Crippen molar-refractivity contribution in [1.82, 2.24) is 0 Å². The first-order valence-corrected chi connectivity index (χ1v) is 6.95. The van der Waals surface area contributed by atoms with Crippen LogP contribution in [-0.4, -0.2) is 5.91 Å². The second kappa shape index (κ2) is 5.33. The molecule has 0 radical (unpaired) electrons. The van der Waals surface area contributed by atoms with Gasteiger partial charge in [0.1, 0.15) is 0 Å². The largest absolute Gasteiger partial charge is 0.372 e. The highest BCUT2D eigenvalue weighted by molar-refractivity contribution is 5.78. The summed E-state index contributed by atoms with van der Waals surface area (Å²) in [5.74, 6) is 0.504. The Bertz CT molecular complexity index is 504. The third-order valence-electron chi connectivity index (χ3n) is 3.77. The maximum Gasteiger partial charge on any atom is 0.221 e. The van der Waals surface area contributed by atoms with Gasteiger partial charge in [-0.15, -0.1) is 0 Å². The van der Waals surface area contributed by atoms with E-state index >= 15 is 0 Å². The first-order chi connectivity index (χ1) is 8.91. The molecule has 0 fully saturated rings. The number of carbonyl (C=O) groups is 1. The van der Waals surface area contributed by atoms with Crippen LogP contribution in [0.25, 0.3) is 0 Å². The molecule has 1 heterocycles. The van der Waals surface area contributed by atoms with E-state index in [1.807, 2.05) is 0 Å². The van der Waals surface area contributed by atoms with Crippen LogP contribution in [0.5, 0.6) is 0 Å². The molecule has 0 aliphatic carbocycles. The summed E-state index contributed by atoms with van der Waals surface area (Å²) >= 11 is 0. The van der Waals surface area contributed by atoms with Gasteiger partial charge in [-0.25, -0.2) is 0 Å². The van der Waals surface area contributed by atoms with E-state index in [1.54, 1.807) is 0 Å². The fraction of sp³-hybridized carbons (Fsp3) is 0.562. The van der Waals surface area contributed by atoms with Crippen LogP contribution < -0.4 is 5.73 Å². The van der Waals surface area contributed by atoms with Crippen LogP contribution in [0.2, 0.25) is 0 Å². The summed E-state index contributed by atoms with van der Waals surface area (Å²) in [6, 6.07) is 2.21. The van der Waals surface area contributed by atoms with E-state index in [-0.39, 0.29) is 5.91 Å². The molecule has 1 aliphatic heterocycles. The van der Waals surface area contributed by atoms with Gasteiger partial charge in [0.25, 0.3) is 0 Å². The van der Waals surface area contributed by atoms with Gasteiger partial charge in [-0.05, 0) is 39.7 Å². The Morgan fingerprint density at radius 1 is 1.26 bits per heavy atom. The van der Waals surface area contributed by atoms with Crippen molar-refractivity contribution in [2.75, 3.05) is 0 Å². The van der Waals surface area contributed by atoms with Gasteiger partial charge in [-0.2, -0.15) is 0 Å². The average molecular weight is 261 g/mol. The monoisotopic (exact) mass is 261 g/mol. The third kappa shape index (κ3) is 2.66. The molecule has 0 atom stereocenters. The fourth-order valence-electron chi connectivity index (χ4n) is 3.02. The Kier molecular flexibility index (Phi) is 3.95. The van der Waals surface area contributed by atoms with Gasteiger partial charge >= 0.3 is 0 Å². The third-order valence-corrected chi connectivity index (χ3v) is 3.77. The zero-order chi connectivity index (χ0) is 14.2. The number of nitrogens with two attached hydrogens (primary N) is 1. The number of primary amides is 1. The van der Waals surface area contributed by atoms with E-state index in [4.69, 9.17) is 10.5 Å². The summed E-state index contributed by atoms with van der Waals surface area (Å²) in [6.07, 6.45) is 0.328. The Labute approximate surface area is 115 Å². The highest BCUT2D eigenvalue weighted by Gasteiger charge is 2.25. The molecule has 0 spiro atoms. The molecule has 104 valence electrons. The fourth-order valence-corrected chi connectivity index (χ4v) is 3.02. The van der Waals surface area contributed by atoms with Crippen LogP contribution in [-0.2, 0) is 29.2 Å². The molecular formula is C16H23NO2. The number of hydrogen-bond acceptors (Lipinski definition) is 2. The summed E-state index contributed by atoms with van der Waals surface area (Å²) in [6.45, 7) is 10.0. The average Bonchev–Trinajstić information content (AvgIpc) is 2.73. The minimum atomic E-state index is -0.261. The van der Waals surface area contributed by atoms with Crippen molar-refractivity contribution in [3.63, 3.8) is 0 Å². The van der Waals surface area contributed by atoms with Crippen molar-refractivity contribution in [2.24, 2.45) is 5.73 Å². The van der Waals surface area contributed by atoms with E-state index in [9.17, 15) is 4.79 Å². The molecule has 2 N–H and O–H groups in total. The Morgan fingerprint density at radius 2 is 1.95 bits per heavy atom. The lowest BCUT2D eigenvalue weighted by molar-refractivity contribution is -0.117. The van der Waals surface area contributed by atoms with Gasteiger partial charge in [0.15, 0.2) is 0 Å². The van der Waals surface area contributed by atoms with Crippen molar-refractivity contribution in [1.29, 1.82) is 0 Å². The summed E-state index contributed by atoms with van der Waals surface area (Å²) in [7, 11) is 0. The van der Waals surface area contributed by atoms with Crippen LogP contribution in [0.3, 0.4) is 0 Å². The smallest absolute Gasteiger partial charge is 0.221 e. The van der Waals surface area contributed by atoms with E-state index in [0.29, 0.717) is 31.5 Å². The minimum absolute atomic E-state index is 0.261. The molecule has 1 aliphatic rings. The molecule has 2 rings (SSSR count). The number of benzene rings is 1. The van der Waals surface area contributed by atoms with Gasteiger partial charge in [0, 0.05) is 0 Å². The number of carbonyl (C=O) groups excluding carboxylic acids is 1. The van der Waals surface area contributed by atoms with E-state index in [1.165, 1.54) is 22.3 Å². The van der Waals surface area contributed by atoms with Gasteiger partial charge in [0.05, 0.1) is 19.6 Å². The predicted octanol–water partition coefficient (Wildman–Crippen LogP) is 2.99. The van der Waals surface area contributed by atoms with Gasteiger partial charge in [0.2, 0.25) is 5.91 Å². The molecule has 0 unspecified atom stereocenters. The molecular weight excluding hydrogens is 238 g/mol. The number of rotatable bonds is 4. The van der Waals surface area contributed by atoms with Crippen LogP contribution in [0, 0.1) is 0 Å². The zero-order valence-corrected chi connectivity index (χ0v) is 12.2. The highest BCUT2D eigenvalue weighted by Crippen LogP contribution is 2.36. The van der Waals surface area contributed by atoms with Crippen LogP contribution in [0.1, 0.15) is 67.3 Å². The summed E-state index contributed by atoms with van der Waals surface area (Å²) in [5.41, 5.74) is 11.6. The minimum Gasteiger partial charge on any atom is -0.372 e. The van der Waals surface area contributed by atoms with Crippen molar-refractivity contribution >= 4 is 5.91 Å². The molecule has 1 aromatic carbocycles. The second-order valence-corrected chi connectivity index (χ2v) is 5.94. The quantitative estimate of drug-likeness (QED) is 0.905. The van der Waals surface area contributed by atoms with E-state index in [2.05, 4.69) is 33.8 Å². The predicted molar refractivity (Wildman–Crippen MR) is 76.0 cm³/mol. The molecule has 3 heteroatoms. The summed E-state index contributed by atoms with van der Waals surface area (Å²) in [4.78, 5) is 11.4. The lowest BCUT2D eigenvalue weighted by Gasteiger charge is -2.22. The van der Waals surface area contributed by atoms with Crippen LogP contribution >= 0.6 is 0 Å². The Balaban J connectivity index is 2.68. The molecule has 19 heavy (non-hydrogen) atoms. The summed E-state index contributed by atoms with van der Waals surface area (Å²) < 4.78 is 5.58. The topological polar surface area (TPSA) is 52.3 Å². The Hall–Kier alpha value is -1.35. The molecule has 0 aromatic heterocycles. The molecule has 3 nitrogen and oxygen atoms in total. The Morgan fingerprint density at radius 3 is 2.47 bits per heavy atom. The second-order valence-electron chi connectivity index (χ2n) is 5.94. The van der Waals surface area contributed by atoms with Gasteiger partial charge in [-0.3, -0.25) is 4.79 Å². The summed E-state index contributed by atoms with van der Waals surface area (Å²) in [5, 5.41) is 0. The normalized spacial score (nSPS) is 14.2. The molecule has 0 saturated heterocycles. The number of fused-ring (bicyclic) bond motifs is 1. The maximum atomic E-state index is 11.4. The SMILES string of the molecule is CC(C)c1cc2c(c(C(C)C)c1CC(N)=O)COC2. The van der Waals surface area contributed by atoms with E-state index < -0.39 is 0 Å². The van der Waals surface area contributed by atoms with Gasteiger partial charge < -0.3 is 10.5 Å². The van der Waals surface area contributed by atoms with Crippen molar-refractivity contribution < 1.29 is 9.53 Å². The molecule has 0 bridgehead atoms. The lowest BCUT2D eigenvalue weighted by Crippen LogP contribution is -2.18. The molecule has 1 aromatic rings. The van der Waals surface area contributed by atoms with Gasteiger partial charge in [-0.1, -0.05) is 33.8 Å². The zero-order valence-electron chi connectivity index (χ0n) is 12.2. The van der Waals surface area contributed by atoms with Crippen molar-refractivity contribution in [2.45, 2.75) is 59.2 Å². The molecule has 0 saturated carbocycles. The number of amides is 1. The number of ether oxygens (including phenoxy) is 1. The first-order valence-electron chi connectivity index (χ1n) is 6.95. The number of hydrogen-bond donors (Lipinski definition) is 1.